The minimum atomic E-state index is -4.56. The van der Waals surface area contributed by atoms with Crippen LogP contribution in [0.4, 0.5) is 19.0 Å². The molecule has 0 aliphatic carbocycles. The van der Waals surface area contributed by atoms with Crippen LogP contribution >= 0.6 is 11.6 Å². The standard InChI is InChI=1S/C19H14ClF3N2O4S2/c1-30(26,27)25-18-9-15(17(23)10-24-18)19(14-8-12(21)4-7-16(14)22)31(28,29)13-5-2-11(20)3-6-13/h2-10,19H,1H3,(H,24,25). The van der Waals surface area contributed by atoms with Crippen molar-refractivity contribution in [3.05, 3.63) is 88.3 Å². The van der Waals surface area contributed by atoms with Gasteiger partial charge in [0.1, 0.15) is 28.5 Å². The maximum Gasteiger partial charge on any atom is 0.230 e. The van der Waals surface area contributed by atoms with E-state index in [-0.39, 0.29) is 9.92 Å². The van der Waals surface area contributed by atoms with Crippen molar-refractivity contribution in [3.63, 3.8) is 0 Å². The maximum absolute atomic E-state index is 14.7. The number of hydrogen-bond acceptors (Lipinski definition) is 5. The van der Waals surface area contributed by atoms with Gasteiger partial charge in [-0.15, -0.1) is 0 Å². The van der Waals surface area contributed by atoms with Crippen LogP contribution in [0.25, 0.3) is 0 Å². The molecule has 1 N–H and O–H groups in total. The van der Waals surface area contributed by atoms with Crippen LogP contribution in [-0.4, -0.2) is 28.1 Å². The average molecular weight is 491 g/mol. The van der Waals surface area contributed by atoms with Gasteiger partial charge in [0, 0.05) is 16.1 Å². The lowest BCUT2D eigenvalue weighted by Crippen LogP contribution is -2.19. The third-order valence-electron chi connectivity index (χ3n) is 4.15. The Kier molecular flexibility index (Phi) is 6.30. The molecule has 6 nitrogen and oxygen atoms in total. The first-order valence-electron chi connectivity index (χ1n) is 8.46. The van der Waals surface area contributed by atoms with E-state index < -0.39 is 59.5 Å². The summed E-state index contributed by atoms with van der Waals surface area (Å²) in [5, 5.41) is -1.82. The number of pyridine rings is 1. The van der Waals surface area contributed by atoms with Gasteiger partial charge in [0.25, 0.3) is 0 Å². The molecule has 1 aromatic heterocycles. The molecule has 0 aliphatic heterocycles. The van der Waals surface area contributed by atoms with Crippen LogP contribution in [0.5, 0.6) is 0 Å². The Morgan fingerprint density at radius 1 is 0.903 bits per heavy atom. The lowest BCUT2D eigenvalue weighted by atomic mass is 10.0. The number of nitrogens with one attached hydrogen (secondary N) is 1. The third kappa shape index (κ3) is 5.17. The van der Waals surface area contributed by atoms with Crippen molar-refractivity contribution in [2.45, 2.75) is 10.1 Å². The fourth-order valence-electron chi connectivity index (χ4n) is 2.88. The van der Waals surface area contributed by atoms with Crippen molar-refractivity contribution < 1.29 is 30.0 Å². The molecule has 31 heavy (non-hydrogen) atoms. The highest BCUT2D eigenvalue weighted by atomic mass is 35.5. The molecular weight excluding hydrogens is 477 g/mol. The summed E-state index contributed by atoms with van der Waals surface area (Å²) < 4.78 is 95.0. The number of benzene rings is 2. The van der Waals surface area contributed by atoms with Gasteiger partial charge in [0.05, 0.1) is 17.3 Å². The van der Waals surface area contributed by atoms with Gasteiger partial charge >= 0.3 is 0 Å². The number of halogens is 4. The smallest absolute Gasteiger partial charge is 0.230 e. The number of rotatable bonds is 6. The Morgan fingerprint density at radius 2 is 1.52 bits per heavy atom. The average Bonchev–Trinajstić information content (AvgIpc) is 2.66. The number of aromatic nitrogens is 1. The minimum absolute atomic E-state index is 0.224. The molecule has 0 saturated carbocycles. The number of sulfonamides is 1. The second-order valence-electron chi connectivity index (χ2n) is 6.51. The molecule has 3 rings (SSSR count). The van der Waals surface area contributed by atoms with Gasteiger partial charge in [-0.1, -0.05) is 11.6 Å². The molecule has 0 bridgehead atoms. The zero-order chi connectivity index (χ0) is 23.0. The molecule has 0 radical (unpaired) electrons. The molecule has 1 atom stereocenters. The Bertz CT molecular complexity index is 1350. The second kappa shape index (κ2) is 8.48. The van der Waals surface area contributed by atoms with Gasteiger partial charge in [0.15, 0.2) is 9.84 Å². The van der Waals surface area contributed by atoms with Crippen LogP contribution in [0.2, 0.25) is 5.02 Å². The Balaban J connectivity index is 2.31. The van der Waals surface area contributed by atoms with Crippen LogP contribution in [0.3, 0.4) is 0 Å². The number of hydrogen-bond donors (Lipinski definition) is 1. The van der Waals surface area contributed by atoms with Crippen molar-refractivity contribution >= 4 is 37.3 Å². The van der Waals surface area contributed by atoms with E-state index in [1.807, 2.05) is 4.72 Å². The number of anilines is 1. The first kappa shape index (κ1) is 23.0. The van der Waals surface area contributed by atoms with Gasteiger partial charge in [-0.05, 0) is 48.5 Å². The second-order valence-corrected chi connectivity index (χ2v) is 10.7. The molecule has 12 heteroatoms. The molecule has 0 spiro atoms. The topological polar surface area (TPSA) is 93.2 Å². The van der Waals surface area contributed by atoms with Crippen LogP contribution in [-0.2, 0) is 19.9 Å². The first-order valence-corrected chi connectivity index (χ1v) is 12.3. The van der Waals surface area contributed by atoms with Crippen LogP contribution in [0, 0.1) is 17.5 Å². The van der Waals surface area contributed by atoms with E-state index in [9.17, 15) is 30.0 Å². The van der Waals surface area contributed by atoms with E-state index in [1.165, 1.54) is 12.1 Å². The molecular formula is C19H14ClF3N2O4S2. The lowest BCUT2D eigenvalue weighted by molar-refractivity contribution is 0.558. The molecule has 0 saturated heterocycles. The highest BCUT2D eigenvalue weighted by Gasteiger charge is 2.35. The minimum Gasteiger partial charge on any atom is -0.268 e. The summed E-state index contributed by atoms with van der Waals surface area (Å²) in [6.07, 6.45) is 1.40. The van der Waals surface area contributed by atoms with Crippen LogP contribution in [0.15, 0.2) is 59.6 Å². The van der Waals surface area contributed by atoms with Crippen molar-refractivity contribution in [1.29, 1.82) is 0 Å². The van der Waals surface area contributed by atoms with E-state index in [4.69, 9.17) is 11.6 Å². The Morgan fingerprint density at radius 3 is 2.13 bits per heavy atom. The van der Waals surface area contributed by atoms with Crippen molar-refractivity contribution in [1.82, 2.24) is 4.98 Å². The third-order valence-corrected chi connectivity index (χ3v) is 7.04. The molecule has 1 unspecified atom stereocenters. The van der Waals surface area contributed by atoms with Gasteiger partial charge in [-0.2, -0.15) is 0 Å². The maximum atomic E-state index is 14.7. The van der Waals surface area contributed by atoms with Gasteiger partial charge in [0.2, 0.25) is 10.0 Å². The summed E-state index contributed by atoms with van der Waals surface area (Å²) in [5.74, 6) is -3.60. The fourth-order valence-corrected chi connectivity index (χ4v) is 5.31. The normalized spacial score (nSPS) is 13.1. The molecule has 0 aliphatic rings. The highest BCUT2D eigenvalue weighted by Crippen LogP contribution is 2.38. The molecule has 1 heterocycles. The summed E-state index contributed by atoms with van der Waals surface area (Å²) in [6, 6.07) is 7.76. The first-order chi connectivity index (χ1) is 14.4. The Labute approximate surface area is 181 Å². The van der Waals surface area contributed by atoms with E-state index in [0.29, 0.717) is 18.3 Å². The molecule has 2 aromatic carbocycles. The highest BCUT2D eigenvalue weighted by molar-refractivity contribution is 7.92. The summed E-state index contributed by atoms with van der Waals surface area (Å²) in [6.45, 7) is 0. The van der Waals surface area contributed by atoms with Gasteiger partial charge < -0.3 is 0 Å². The Hall–Kier alpha value is -2.63. The lowest BCUT2D eigenvalue weighted by Gasteiger charge is -2.21. The molecule has 3 aromatic rings. The summed E-state index contributed by atoms with van der Waals surface area (Å²) in [4.78, 5) is 3.23. The predicted molar refractivity (Wildman–Crippen MR) is 110 cm³/mol. The largest absolute Gasteiger partial charge is 0.268 e. The van der Waals surface area contributed by atoms with Crippen molar-refractivity contribution in [2.75, 3.05) is 11.0 Å². The fraction of sp³-hybridized carbons (Fsp3) is 0.105. The monoisotopic (exact) mass is 490 g/mol. The molecule has 0 fully saturated rings. The molecule has 0 amide bonds. The van der Waals surface area contributed by atoms with E-state index in [1.54, 1.807) is 0 Å². The zero-order valence-corrected chi connectivity index (χ0v) is 18.1. The number of nitrogens with zero attached hydrogens (tertiary/aromatic N) is 1. The SMILES string of the molecule is CS(=O)(=O)Nc1cc(C(c2cc(F)ccc2F)S(=O)(=O)c2ccc(Cl)cc2)c(F)cn1. The van der Waals surface area contributed by atoms with Gasteiger partial charge in [-0.3, -0.25) is 4.72 Å². The molecule has 164 valence electrons. The van der Waals surface area contributed by atoms with Crippen LogP contribution < -0.4 is 4.72 Å². The van der Waals surface area contributed by atoms with E-state index >= 15 is 0 Å². The number of sulfone groups is 1. The van der Waals surface area contributed by atoms with Crippen LogP contribution in [0.1, 0.15) is 16.4 Å². The van der Waals surface area contributed by atoms with Gasteiger partial charge in [-0.25, -0.2) is 35.0 Å². The van der Waals surface area contributed by atoms with E-state index in [2.05, 4.69) is 4.98 Å². The zero-order valence-electron chi connectivity index (χ0n) is 15.7. The quantitative estimate of drug-likeness (QED) is 0.562. The summed E-state index contributed by atoms with van der Waals surface area (Å²) in [7, 11) is -8.39. The summed E-state index contributed by atoms with van der Waals surface area (Å²) >= 11 is 5.79. The van der Waals surface area contributed by atoms with E-state index in [0.717, 1.165) is 30.5 Å². The van der Waals surface area contributed by atoms with Crippen molar-refractivity contribution in [2.24, 2.45) is 0 Å². The summed E-state index contributed by atoms with van der Waals surface area (Å²) in [5.41, 5.74) is -1.29. The predicted octanol–water partition coefficient (Wildman–Crippen LogP) is 4.09. The van der Waals surface area contributed by atoms with Crippen molar-refractivity contribution in [3.8, 4) is 0 Å².